The van der Waals surface area contributed by atoms with Gasteiger partial charge in [0.25, 0.3) is 0 Å². The van der Waals surface area contributed by atoms with Crippen LogP contribution in [0.1, 0.15) is 16.2 Å². The Labute approximate surface area is 132 Å². The number of hydrogen-bond acceptors (Lipinski definition) is 4. The van der Waals surface area contributed by atoms with E-state index in [0.717, 1.165) is 5.56 Å². The van der Waals surface area contributed by atoms with Gasteiger partial charge in [-0.3, -0.25) is 4.79 Å². The van der Waals surface area contributed by atoms with E-state index in [2.05, 4.69) is 10.2 Å². The van der Waals surface area contributed by atoms with Crippen LogP contribution in [0.15, 0.2) is 59.0 Å². The highest BCUT2D eigenvalue weighted by molar-refractivity contribution is 5.89. The lowest BCUT2D eigenvalue weighted by atomic mass is 10.2. The Balaban J connectivity index is 1.76. The maximum atomic E-state index is 13.2. The van der Waals surface area contributed by atoms with E-state index in [9.17, 15) is 9.18 Å². The molecule has 0 bridgehead atoms. The lowest BCUT2D eigenvalue weighted by Gasteiger charge is -2.14. The summed E-state index contributed by atoms with van der Waals surface area (Å²) in [5, 5.41) is 7.56. The Morgan fingerprint density at radius 3 is 2.65 bits per heavy atom. The molecule has 0 radical (unpaired) electrons. The molecule has 0 aliphatic heterocycles. The Morgan fingerprint density at radius 1 is 1.13 bits per heavy atom. The van der Waals surface area contributed by atoms with Crippen LogP contribution in [0.5, 0.6) is 0 Å². The fourth-order valence-electron chi connectivity index (χ4n) is 2.14. The van der Waals surface area contributed by atoms with Crippen LogP contribution in [0.25, 0.3) is 11.5 Å². The quantitative estimate of drug-likeness (QED) is 0.742. The van der Waals surface area contributed by atoms with Crippen LogP contribution in [0, 0.1) is 5.82 Å². The summed E-state index contributed by atoms with van der Waals surface area (Å²) in [6.07, 6.45) is 0. The second-order valence-electron chi connectivity index (χ2n) is 5.07. The minimum absolute atomic E-state index is 0.112. The highest BCUT2D eigenvalue weighted by Crippen LogP contribution is 2.19. The van der Waals surface area contributed by atoms with Crippen LogP contribution in [0.3, 0.4) is 0 Å². The van der Waals surface area contributed by atoms with Gasteiger partial charge in [-0.1, -0.05) is 36.4 Å². The second-order valence-corrected chi connectivity index (χ2v) is 5.07. The summed E-state index contributed by atoms with van der Waals surface area (Å²) in [6, 6.07) is 15.3. The van der Waals surface area contributed by atoms with Crippen LogP contribution < -0.4 is 0 Å². The van der Waals surface area contributed by atoms with Crippen molar-refractivity contribution in [2.24, 2.45) is 0 Å². The van der Waals surface area contributed by atoms with E-state index >= 15 is 0 Å². The summed E-state index contributed by atoms with van der Waals surface area (Å²) >= 11 is 0. The van der Waals surface area contributed by atoms with Crippen molar-refractivity contribution in [3.8, 4) is 11.5 Å². The number of nitrogens with zero attached hydrogens (tertiary/aromatic N) is 3. The number of rotatable bonds is 4. The molecule has 1 amide bonds. The van der Waals surface area contributed by atoms with E-state index < -0.39 is 5.82 Å². The van der Waals surface area contributed by atoms with E-state index in [4.69, 9.17) is 4.42 Å². The third kappa shape index (κ3) is 3.42. The zero-order valence-electron chi connectivity index (χ0n) is 12.4. The van der Waals surface area contributed by atoms with Gasteiger partial charge >= 0.3 is 11.8 Å². The number of hydrogen-bond donors (Lipinski definition) is 0. The summed E-state index contributed by atoms with van der Waals surface area (Å²) < 4.78 is 18.6. The van der Waals surface area contributed by atoms with Crippen molar-refractivity contribution >= 4 is 5.91 Å². The van der Waals surface area contributed by atoms with Crippen molar-refractivity contribution in [3.05, 3.63) is 71.9 Å². The molecule has 0 aliphatic rings. The Hall–Kier alpha value is -3.02. The van der Waals surface area contributed by atoms with Gasteiger partial charge in [-0.25, -0.2) is 4.39 Å². The molecule has 116 valence electrons. The van der Waals surface area contributed by atoms with Crippen LogP contribution >= 0.6 is 0 Å². The predicted molar refractivity (Wildman–Crippen MR) is 81.9 cm³/mol. The number of halogens is 1. The van der Waals surface area contributed by atoms with Gasteiger partial charge in [-0.15, -0.1) is 10.2 Å². The molecule has 3 rings (SSSR count). The first kappa shape index (κ1) is 14.9. The fraction of sp³-hybridized carbons (Fsp3) is 0.118. The zero-order valence-corrected chi connectivity index (χ0v) is 12.4. The van der Waals surface area contributed by atoms with Crippen molar-refractivity contribution in [1.82, 2.24) is 15.1 Å². The first-order valence-electron chi connectivity index (χ1n) is 7.02. The normalized spacial score (nSPS) is 10.5. The molecule has 0 atom stereocenters. The maximum Gasteiger partial charge on any atom is 0.311 e. The Bertz CT molecular complexity index is 817. The molecule has 1 aromatic heterocycles. The molecule has 0 spiro atoms. The summed E-state index contributed by atoms with van der Waals surface area (Å²) in [5.74, 6) is -0.803. The van der Waals surface area contributed by atoms with Crippen molar-refractivity contribution in [3.63, 3.8) is 0 Å². The van der Waals surface area contributed by atoms with Crippen molar-refractivity contribution < 1.29 is 13.6 Å². The lowest BCUT2D eigenvalue weighted by Crippen LogP contribution is -2.26. The SMILES string of the molecule is CN(Cc1ccccc1)C(=O)c1nnc(-c2cccc(F)c2)o1. The average Bonchev–Trinajstić information content (AvgIpc) is 3.05. The first-order valence-corrected chi connectivity index (χ1v) is 7.02. The molecule has 1 heterocycles. The monoisotopic (exact) mass is 311 g/mol. The average molecular weight is 311 g/mol. The highest BCUT2D eigenvalue weighted by Gasteiger charge is 2.20. The van der Waals surface area contributed by atoms with E-state index in [-0.39, 0.29) is 17.7 Å². The summed E-state index contributed by atoms with van der Waals surface area (Å²) in [4.78, 5) is 13.8. The fourth-order valence-corrected chi connectivity index (χ4v) is 2.14. The molecule has 2 aromatic carbocycles. The van der Waals surface area contributed by atoms with Crippen LogP contribution in [0.4, 0.5) is 4.39 Å². The van der Waals surface area contributed by atoms with Crippen LogP contribution in [-0.4, -0.2) is 28.1 Å². The molecule has 0 saturated carbocycles. The number of benzene rings is 2. The molecule has 0 saturated heterocycles. The number of aromatic nitrogens is 2. The standard InChI is InChI=1S/C17H14FN3O2/c1-21(11-12-6-3-2-4-7-12)17(22)16-20-19-15(23-16)13-8-5-9-14(18)10-13/h2-10H,11H2,1H3. The highest BCUT2D eigenvalue weighted by atomic mass is 19.1. The summed E-state index contributed by atoms with van der Waals surface area (Å²) in [5.41, 5.74) is 1.43. The second kappa shape index (κ2) is 6.39. The maximum absolute atomic E-state index is 13.2. The molecule has 0 N–H and O–H groups in total. The van der Waals surface area contributed by atoms with E-state index in [1.54, 1.807) is 13.1 Å². The van der Waals surface area contributed by atoms with Gasteiger partial charge in [0.05, 0.1) is 0 Å². The Morgan fingerprint density at radius 2 is 1.91 bits per heavy atom. The third-order valence-electron chi connectivity index (χ3n) is 3.29. The van der Waals surface area contributed by atoms with Crippen LogP contribution in [-0.2, 0) is 6.54 Å². The van der Waals surface area contributed by atoms with Crippen molar-refractivity contribution in [2.75, 3.05) is 7.05 Å². The topological polar surface area (TPSA) is 59.2 Å². The van der Waals surface area contributed by atoms with E-state index in [0.29, 0.717) is 12.1 Å². The number of amides is 1. The van der Waals surface area contributed by atoms with Gasteiger partial charge in [-0.2, -0.15) is 0 Å². The first-order chi connectivity index (χ1) is 11.1. The summed E-state index contributed by atoms with van der Waals surface area (Å²) in [7, 11) is 1.65. The molecular formula is C17H14FN3O2. The van der Waals surface area contributed by atoms with Gasteiger partial charge < -0.3 is 9.32 Å². The minimum Gasteiger partial charge on any atom is -0.412 e. The Kier molecular flexibility index (Phi) is 4.14. The van der Waals surface area contributed by atoms with E-state index in [1.807, 2.05) is 30.3 Å². The zero-order chi connectivity index (χ0) is 16.2. The minimum atomic E-state index is -0.408. The third-order valence-corrected chi connectivity index (χ3v) is 3.29. The molecule has 0 fully saturated rings. The largest absolute Gasteiger partial charge is 0.412 e. The number of carbonyl (C=O) groups is 1. The molecule has 0 unspecified atom stereocenters. The van der Waals surface area contributed by atoms with Gasteiger partial charge in [0.15, 0.2) is 0 Å². The molecule has 3 aromatic rings. The molecule has 0 aliphatic carbocycles. The van der Waals surface area contributed by atoms with Gasteiger partial charge in [0.1, 0.15) is 5.82 Å². The number of carbonyl (C=O) groups excluding carboxylic acids is 1. The smallest absolute Gasteiger partial charge is 0.311 e. The molecule has 23 heavy (non-hydrogen) atoms. The molecular weight excluding hydrogens is 297 g/mol. The summed E-state index contributed by atoms with van der Waals surface area (Å²) in [6.45, 7) is 0.428. The van der Waals surface area contributed by atoms with Gasteiger partial charge in [-0.05, 0) is 23.8 Å². The predicted octanol–water partition coefficient (Wildman–Crippen LogP) is 3.15. The molecule has 6 heteroatoms. The van der Waals surface area contributed by atoms with Gasteiger partial charge in [0, 0.05) is 19.2 Å². The van der Waals surface area contributed by atoms with Crippen LogP contribution in [0.2, 0.25) is 0 Å². The molecule has 5 nitrogen and oxygen atoms in total. The van der Waals surface area contributed by atoms with Crippen molar-refractivity contribution in [2.45, 2.75) is 6.54 Å². The van der Waals surface area contributed by atoms with Gasteiger partial charge in [0.2, 0.25) is 5.89 Å². The van der Waals surface area contributed by atoms with Crippen molar-refractivity contribution in [1.29, 1.82) is 0 Å². The lowest BCUT2D eigenvalue weighted by molar-refractivity contribution is 0.0746. The van der Waals surface area contributed by atoms with E-state index in [1.165, 1.54) is 23.1 Å².